The fraction of sp³-hybridized carbons (Fsp3) is 0. The highest BCUT2D eigenvalue weighted by Gasteiger charge is 2.04. The van der Waals surface area contributed by atoms with Crippen molar-refractivity contribution in [1.82, 2.24) is 4.98 Å². The van der Waals surface area contributed by atoms with Crippen molar-refractivity contribution in [3.8, 4) is 11.3 Å². The number of carbonyl (C=O) groups is 1. The van der Waals surface area contributed by atoms with Gasteiger partial charge in [-0.15, -0.1) is 0 Å². The van der Waals surface area contributed by atoms with E-state index in [-0.39, 0.29) is 11.5 Å². The van der Waals surface area contributed by atoms with Crippen LogP contribution in [0.4, 0.5) is 4.39 Å². The third kappa shape index (κ3) is 2.09. The van der Waals surface area contributed by atoms with Gasteiger partial charge in [0.2, 0.25) is 0 Å². The number of carbonyl (C=O) groups excluding carboxylic acids is 1. The fourth-order valence-electron chi connectivity index (χ4n) is 1.32. The van der Waals surface area contributed by atoms with E-state index in [0.717, 1.165) is 5.56 Å². The maximum atomic E-state index is 12.7. The molecule has 0 amide bonds. The predicted molar refractivity (Wildman–Crippen MR) is 60.0 cm³/mol. The highest BCUT2D eigenvalue weighted by molar-refractivity contribution is 6.32. The van der Waals surface area contributed by atoms with Crippen molar-refractivity contribution in [2.24, 2.45) is 0 Å². The van der Waals surface area contributed by atoms with E-state index < -0.39 is 0 Å². The molecule has 2 rings (SSSR count). The van der Waals surface area contributed by atoms with Crippen LogP contribution in [0.15, 0.2) is 36.4 Å². The van der Waals surface area contributed by atoms with Gasteiger partial charge in [0.05, 0.1) is 10.7 Å². The molecule has 4 heteroatoms. The van der Waals surface area contributed by atoms with Crippen molar-refractivity contribution in [2.45, 2.75) is 0 Å². The number of halogens is 2. The minimum Gasteiger partial charge on any atom is -0.296 e. The van der Waals surface area contributed by atoms with Crippen LogP contribution < -0.4 is 0 Å². The lowest BCUT2D eigenvalue weighted by Gasteiger charge is -2.02. The number of benzene rings is 1. The van der Waals surface area contributed by atoms with E-state index in [1.54, 1.807) is 24.3 Å². The van der Waals surface area contributed by atoms with Crippen molar-refractivity contribution in [1.29, 1.82) is 0 Å². The van der Waals surface area contributed by atoms with Crippen LogP contribution in [0.2, 0.25) is 5.02 Å². The summed E-state index contributed by atoms with van der Waals surface area (Å²) in [6.45, 7) is 0. The van der Waals surface area contributed by atoms with E-state index in [1.807, 2.05) is 0 Å². The average Bonchev–Trinajstić information content (AvgIpc) is 2.31. The van der Waals surface area contributed by atoms with Gasteiger partial charge < -0.3 is 0 Å². The summed E-state index contributed by atoms with van der Waals surface area (Å²) in [5.74, 6) is -0.312. The topological polar surface area (TPSA) is 30.0 Å². The van der Waals surface area contributed by atoms with Crippen LogP contribution in [0, 0.1) is 5.82 Å². The van der Waals surface area contributed by atoms with E-state index in [0.29, 0.717) is 17.0 Å². The molecule has 0 aliphatic rings. The van der Waals surface area contributed by atoms with Crippen LogP contribution in [-0.4, -0.2) is 11.3 Å². The molecule has 0 spiro atoms. The molecule has 0 radical (unpaired) electrons. The third-order valence-corrected chi connectivity index (χ3v) is 2.44. The normalized spacial score (nSPS) is 10.1. The minimum atomic E-state index is -0.312. The molecule has 1 aromatic carbocycles. The molecule has 0 atom stereocenters. The van der Waals surface area contributed by atoms with E-state index in [9.17, 15) is 9.18 Å². The summed E-state index contributed by atoms with van der Waals surface area (Å²) in [5.41, 5.74) is 1.51. The van der Waals surface area contributed by atoms with Gasteiger partial charge in [-0.05, 0) is 36.4 Å². The first kappa shape index (κ1) is 10.8. The quantitative estimate of drug-likeness (QED) is 0.747. The molecule has 0 aliphatic heterocycles. The monoisotopic (exact) mass is 235 g/mol. The Hall–Kier alpha value is -1.74. The fourth-order valence-corrected chi connectivity index (χ4v) is 1.47. The van der Waals surface area contributed by atoms with Gasteiger partial charge in [-0.2, -0.15) is 0 Å². The smallest absolute Gasteiger partial charge is 0.169 e. The summed E-state index contributed by atoms with van der Waals surface area (Å²) in [7, 11) is 0. The second-order valence-corrected chi connectivity index (χ2v) is 3.60. The Balaban J connectivity index is 2.48. The lowest BCUT2D eigenvalue weighted by atomic mass is 10.1. The van der Waals surface area contributed by atoms with Crippen molar-refractivity contribution in [3.05, 3.63) is 52.9 Å². The van der Waals surface area contributed by atoms with E-state index >= 15 is 0 Å². The summed E-state index contributed by atoms with van der Waals surface area (Å²) in [5, 5.41) is 0.306. The van der Waals surface area contributed by atoms with Crippen molar-refractivity contribution in [2.75, 3.05) is 0 Å². The summed E-state index contributed by atoms with van der Waals surface area (Å²) < 4.78 is 12.7. The van der Waals surface area contributed by atoms with Crippen LogP contribution in [0.3, 0.4) is 0 Å². The highest BCUT2D eigenvalue weighted by Crippen LogP contribution is 2.21. The van der Waals surface area contributed by atoms with Gasteiger partial charge in [0.25, 0.3) is 0 Å². The summed E-state index contributed by atoms with van der Waals surface area (Å²) >= 11 is 5.76. The van der Waals surface area contributed by atoms with Crippen molar-refractivity contribution >= 4 is 17.9 Å². The van der Waals surface area contributed by atoms with Gasteiger partial charge in [0, 0.05) is 5.56 Å². The standard InChI is InChI=1S/C12H7ClFNO/c13-10-5-6-11(15-12(10)7-16)8-1-3-9(14)4-2-8/h1-7H. The lowest BCUT2D eigenvalue weighted by Crippen LogP contribution is -1.91. The number of aldehydes is 1. The highest BCUT2D eigenvalue weighted by atomic mass is 35.5. The molecular formula is C12H7ClFNO. The second-order valence-electron chi connectivity index (χ2n) is 3.19. The second kappa shape index (κ2) is 4.41. The Morgan fingerprint density at radius 1 is 1.12 bits per heavy atom. The first-order valence-corrected chi connectivity index (χ1v) is 4.96. The zero-order valence-corrected chi connectivity index (χ0v) is 8.91. The number of pyridine rings is 1. The van der Waals surface area contributed by atoms with E-state index in [2.05, 4.69) is 4.98 Å². The van der Waals surface area contributed by atoms with Gasteiger partial charge in [-0.3, -0.25) is 4.79 Å². The molecule has 2 aromatic rings. The summed E-state index contributed by atoms with van der Waals surface area (Å²) in [6.07, 6.45) is 0.593. The van der Waals surface area contributed by atoms with Crippen LogP contribution in [0.1, 0.15) is 10.5 Å². The van der Waals surface area contributed by atoms with E-state index in [4.69, 9.17) is 11.6 Å². The zero-order valence-electron chi connectivity index (χ0n) is 8.15. The Morgan fingerprint density at radius 3 is 2.44 bits per heavy atom. The first-order valence-electron chi connectivity index (χ1n) is 4.58. The van der Waals surface area contributed by atoms with Gasteiger partial charge in [0.15, 0.2) is 6.29 Å². The maximum Gasteiger partial charge on any atom is 0.169 e. The molecule has 0 saturated heterocycles. The number of hydrogen-bond donors (Lipinski definition) is 0. The first-order chi connectivity index (χ1) is 7.70. The third-order valence-electron chi connectivity index (χ3n) is 2.12. The lowest BCUT2D eigenvalue weighted by molar-refractivity contribution is 0.111. The van der Waals surface area contributed by atoms with Crippen molar-refractivity contribution < 1.29 is 9.18 Å². The number of aromatic nitrogens is 1. The molecule has 0 N–H and O–H groups in total. The molecule has 2 nitrogen and oxygen atoms in total. The van der Waals surface area contributed by atoms with E-state index in [1.165, 1.54) is 12.1 Å². The molecule has 16 heavy (non-hydrogen) atoms. The molecular weight excluding hydrogens is 229 g/mol. The van der Waals surface area contributed by atoms with Crippen LogP contribution in [0.5, 0.6) is 0 Å². The van der Waals surface area contributed by atoms with Crippen LogP contribution in [-0.2, 0) is 0 Å². The van der Waals surface area contributed by atoms with Gasteiger partial charge in [0.1, 0.15) is 11.5 Å². The van der Waals surface area contributed by atoms with Gasteiger partial charge >= 0.3 is 0 Å². The number of nitrogens with zero attached hydrogens (tertiary/aromatic N) is 1. The molecule has 1 heterocycles. The zero-order chi connectivity index (χ0) is 11.5. The predicted octanol–water partition coefficient (Wildman–Crippen LogP) is 3.35. The Bertz CT molecular complexity index is 525. The maximum absolute atomic E-state index is 12.7. The molecule has 0 unspecified atom stereocenters. The Morgan fingerprint density at radius 2 is 1.81 bits per heavy atom. The van der Waals surface area contributed by atoms with Gasteiger partial charge in [-0.1, -0.05) is 11.6 Å². The number of rotatable bonds is 2. The molecule has 80 valence electrons. The van der Waals surface area contributed by atoms with Crippen LogP contribution in [0.25, 0.3) is 11.3 Å². The molecule has 0 saturated carbocycles. The molecule has 0 bridgehead atoms. The summed E-state index contributed by atoms with van der Waals surface area (Å²) in [6, 6.07) is 9.15. The largest absolute Gasteiger partial charge is 0.296 e. The average molecular weight is 236 g/mol. The Labute approximate surface area is 96.7 Å². The number of hydrogen-bond acceptors (Lipinski definition) is 2. The Kier molecular flexibility index (Phi) is 2.97. The molecule has 1 aromatic heterocycles. The van der Waals surface area contributed by atoms with Gasteiger partial charge in [-0.25, -0.2) is 9.37 Å². The molecule has 0 aliphatic carbocycles. The van der Waals surface area contributed by atoms with Crippen LogP contribution >= 0.6 is 11.6 Å². The minimum absolute atomic E-state index is 0.184. The molecule has 0 fully saturated rings. The summed E-state index contributed by atoms with van der Waals surface area (Å²) in [4.78, 5) is 14.7. The SMILES string of the molecule is O=Cc1nc(-c2ccc(F)cc2)ccc1Cl. The van der Waals surface area contributed by atoms with Crippen molar-refractivity contribution in [3.63, 3.8) is 0 Å².